The number of pyridine rings is 1. The molecule has 2 heterocycles. The number of sulfonamides is 1. The molecule has 50 heavy (non-hydrogen) atoms. The topological polar surface area (TPSA) is 156 Å². The molecule has 1 saturated heterocycles. The largest absolute Gasteiger partial charge is 0.411 e. The molecule has 13 heteroatoms. The van der Waals surface area contributed by atoms with E-state index in [4.69, 9.17) is 5.21 Å². The number of rotatable bonds is 17. The third kappa shape index (κ3) is 9.89. The third-order valence-corrected chi connectivity index (χ3v) is 10.8. The molecular weight excluding hydrogens is 657 g/mol. The lowest BCUT2D eigenvalue weighted by Crippen LogP contribution is -2.57. The normalized spacial score (nSPS) is 16.3. The molecule has 3 amide bonds. The molecule has 1 aliphatic rings. The number of oxime groups is 1. The molecule has 1 aromatic heterocycles. The molecular formula is C37H50N6O6S. The van der Waals surface area contributed by atoms with Gasteiger partial charge in [0.1, 0.15) is 6.04 Å². The lowest BCUT2D eigenvalue weighted by Gasteiger charge is -2.35. The van der Waals surface area contributed by atoms with Crippen LogP contribution < -0.4 is 5.32 Å². The van der Waals surface area contributed by atoms with Crippen molar-refractivity contribution in [3.05, 3.63) is 95.3 Å². The predicted octanol–water partition coefficient (Wildman–Crippen LogP) is 4.29. The summed E-state index contributed by atoms with van der Waals surface area (Å²) in [7, 11) is -4.06. The summed E-state index contributed by atoms with van der Waals surface area (Å²) in [4.78, 5) is 35.8. The Labute approximate surface area is 295 Å². The van der Waals surface area contributed by atoms with Crippen LogP contribution in [0.5, 0.6) is 0 Å². The highest BCUT2D eigenvalue weighted by Gasteiger charge is 2.41. The van der Waals surface area contributed by atoms with E-state index in [1.165, 1.54) is 34.8 Å². The summed E-state index contributed by atoms with van der Waals surface area (Å²) in [6.07, 6.45) is 0.787. The molecule has 12 nitrogen and oxygen atoms in total. The van der Waals surface area contributed by atoms with Gasteiger partial charge < -0.3 is 25.4 Å². The van der Waals surface area contributed by atoms with Crippen LogP contribution in [-0.2, 0) is 27.8 Å². The Balaban J connectivity index is 1.59. The van der Waals surface area contributed by atoms with E-state index in [9.17, 15) is 23.1 Å². The van der Waals surface area contributed by atoms with Crippen molar-refractivity contribution in [3.63, 3.8) is 0 Å². The van der Waals surface area contributed by atoms with Crippen molar-refractivity contribution >= 4 is 28.2 Å². The molecule has 0 spiro atoms. The van der Waals surface area contributed by atoms with Crippen molar-refractivity contribution in [2.75, 3.05) is 26.2 Å². The third-order valence-electron chi connectivity index (χ3n) is 8.99. The summed E-state index contributed by atoms with van der Waals surface area (Å²) in [5.74, 6) is -0.654. The van der Waals surface area contributed by atoms with Crippen LogP contribution in [0, 0.1) is 18.8 Å². The number of benzene rings is 2. The maximum atomic E-state index is 14.3. The average Bonchev–Trinajstić information content (AvgIpc) is 3.43. The van der Waals surface area contributed by atoms with Crippen LogP contribution in [0.25, 0.3) is 0 Å². The van der Waals surface area contributed by atoms with Gasteiger partial charge in [-0.25, -0.2) is 13.2 Å². The number of aromatic nitrogens is 1. The number of nitrogens with zero attached hydrogens (tertiary/aromatic N) is 5. The van der Waals surface area contributed by atoms with E-state index < -0.39 is 34.1 Å². The Kier molecular flexibility index (Phi) is 13.5. The molecule has 0 saturated carbocycles. The van der Waals surface area contributed by atoms with Gasteiger partial charge in [0.05, 0.1) is 35.5 Å². The molecule has 0 aliphatic carbocycles. The summed E-state index contributed by atoms with van der Waals surface area (Å²) >= 11 is 0. The number of nitrogens with one attached hydrogen (secondary N) is 1. The summed E-state index contributed by atoms with van der Waals surface area (Å²) in [6.45, 7) is 10.6. The number of aryl methyl sites for hydroxylation is 1. The Morgan fingerprint density at radius 2 is 1.72 bits per heavy atom. The number of urea groups is 1. The van der Waals surface area contributed by atoms with Crippen LogP contribution in [0.2, 0.25) is 0 Å². The van der Waals surface area contributed by atoms with Gasteiger partial charge in [-0.15, -0.1) is 0 Å². The highest BCUT2D eigenvalue weighted by molar-refractivity contribution is 7.89. The lowest BCUT2D eigenvalue weighted by molar-refractivity contribution is -0.128. The minimum Gasteiger partial charge on any atom is -0.411 e. The minimum atomic E-state index is -4.06. The molecule has 3 aromatic rings. The van der Waals surface area contributed by atoms with E-state index in [2.05, 4.69) is 15.5 Å². The summed E-state index contributed by atoms with van der Waals surface area (Å²) < 4.78 is 29.0. The molecule has 2 aromatic carbocycles. The van der Waals surface area contributed by atoms with Gasteiger partial charge in [0.25, 0.3) is 0 Å². The first-order valence-corrected chi connectivity index (χ1v) is 18.6. The van der Waals surface area contributed by atoms with Crippen molar-refractivity contribution in [1.29, 1.82) is 0 Å². The monoisotopic (exact) mass is 706 g/mol. The Morgan fingerprint density at radius 3 is 2.34 bits per heavy atom. The molecule has 1 aliphatic heterocycles. The Bertz CT molecular complexity index is 1700. The summed E-state index contributed by atoms with van der Waals surface area (Å²) in [6, 6.07) is 19.1. The van der Waals surface area contributed by atoms with E-state index in [0.29, 0.717) is 31.6 Å². The SMILES string of the molecule is CC[C@H](C)[C@@H](C(=O)N[C@@H](Cc1ccccc1)[C@@H](O)CN(CC(C)C)S(=O)(=O)c1ccc(C=NO)cc1)N1CCN(Cc2cccc(C)n2)C1=O. The molecule has 4 atom stereocenters. The van der Waals surface area contributed by atoms with Gasteiger partial charge in [0.2, 0.25) is 15.9 Å². The van der Waals surface area contributed by atoms with E-state index in [1.54, 1.807) is 9.80 Å². The number of aliphatic hydroxyl groups excluding tert-OH is 1. The minimum absolute atomic E-state index is 0.0267. The fourth-order valence-corrected chi connectivity index (χ4v) is 7.82. The predicted molar refractivity (Wildman–Crippen MR) is 192 cm³/mol. The van der Waals surface area contributed by atoms with Gasteiger partial charge in [-0.05, 0) is 60.6 Å². The summed E-state index contributed by atoms with van der Waals surface area (Å²) in [5, 5.41) is 26.7. The number of hydrogen-bond donors (Lipinski definition) is 3. The zero-order chi connectivity index (χ0) is 36.4. The Morgan fingerprint density at radius 1 is 1.02 bits per heavy atom. The van der Waals surface area contributed by atoms with Gasteiger partial charge in [-0.1, -0.05) is 87.8 Å². The molecule has 0 bridgehead atoms. The molecule has 0 unspecified atom stereocenters. The van der Waals surface area contributed by atoms with Gasteiger partial charge in [0, 0.05) is 31.9 Å². The fraction of sp³-hybridized carbons (Fsp3) is 0.459. The van der Waals surface area contributed by atoms with Crippen LogP contribution in [0.1, 0.15) is 56.6 Å². The maximum Gasteiger partial charge on any atom is 0.321 e. The number of carbonyl (C=O) groups is 2. The quantitative estimate of drug-likeness (QED) is 0.108. The second kappa shape index (κ2) is 17.6. The molecule has 4 rings (SSSR count). The fourth-order valence-electron chi connectivity index (χ4n) is 6.19. The van der Waals surface area contributed by atoms with Crippen molar-refractivity contribution in [2.24, 2.45) is 17.0 Å². The van der Waals surface area contributed by atoms with Gasteiger partial charge in [0.15, 0.2) is 0 Å². The number of amides is 3. The van der Waals surface area contributed by atoms with Crippen LogP contribution in [-0.4, -0.2) is 100 Å². The first kappa shape index (κ1) is 38.5. The van der Waals surface area contributed by atoms with E-state index >= 15 is 0 Å². The van der Waals surface area contributed by atoms with Gasteiger partial charge in [-0.2, -0.15) is 4.31 Å². The van der Waals surface area contributed by atoms with Crippen LogP contribution in [0.4, 0.5) is 4.79 Å². The van der Waals surface area contributed by atoms with Gasteiger partial charge in [-0.3, -0.25) is 9.78 Å². The van der Waals surface area contributed by atoms with Crippen LogP contribution in [0.3, 0.4) is 0 Å². The lowest BCUT2D eigenvalue weighted by atomic mass is 9.95. The average molecular weight is 707 g/mol. The number of hydrogen-bond acceptors (Lipinski definition) is 8. The maximum absolute atomic E-state index is 14.3. The zero-order valence-corrected chi connectivity index (χ0v) is 30.3. The van der Waals surface area contributed by atoms with Crippen molar-refractivity contribution in [2.45, 2.75) is 77.1 Å². The molecule has 1 fully saturated rings. The standard InChI is InChI=1S/C37H50N6O6S/c1-6-27(4)35(43-20-19-41(37(43)46)24-31-14-10-11-28(5)39-31)36(45)40-33(21-29-12-8-7-9-13-29)34(44)25-42(23-26(2)3)50(48,49)32-17-15-30(16-18-32)22-38-47/h7-18,22,26-27,33-35,44,47H,6,19-21,23-25H2,1-5H3,(H,40,45)/t27-,33-,34-,35-/m0/s1. The van der Waals surface area contributed by atoms with Crippen LogP contribution in [0.15, 0.2) is 82.8 Å². The number of carbonyl (C=O) groups excluding carboxylic acids is 2. The first-order valence-electron chi connectivity index (χ1n) is 17.1. The highest BCUT2D eigenvalue weighted by Crippen LogP contribution is 2.24. The second-order valence-electron chi connectivity index (χ2n) is 13.4. The zero-order valence-electron chi connectivity index (χ0n) is 29.5. The van der Waals surface area contributed by atoms with Crippen molar-refractivity contribution < 1.29 is 28.3 Å². The van der Waals surface area contributed by atoms with Gasteiger partial charge >= 0.3 is 6.03 Å². The van der Waals surface area contributed by atoms with Crippen molar-refractivity contribution in [1.82, 2.24) is 24.4 Å². The highest BCUT2D eigenvalue weighted by atomic mass is 32.2. The smallest absolute Gasteiger partial charge is 0.321 e. The van der Waals surface area contributed by atoms with E-state index in [1.807, 2.05) is 83.1 Å². The Hall–Kier alpha value is -4.33. The molecule has 3 N–H and O–H groups in total. The van der Waals surface area contributed by atoms with E-state index in [0.717, 1.165) is 17.0 Å². The molecule has 0 radical (unpaired) electrons. The summed E-state index contributed by atoms with van der Waals surface area (Å²) in [5.41, 5.74) is 3.00. The van der Waals surface area contributed by atoms with E-state index in [-0.39, 0.29) is 42.3 Å². The number of aliphatic hydroxyl groups is 1. The second-order valence-corrected chi connectivity index (χ2v) is 15.3. The van der Waals surface area contributed by atoms with Crippen molar-refractivity contribution in [3.8, 4) is 0 Å². The first-order chi connectivity index (χ1) is 23.8. The molecule has 270 valence electrons. The van der Waals surface area contributed by atoms with Crippen LogP contribution >= 0.6 is 0 Å².